The number of amides is 2. The van der Waals surface area contributed by atoms with Gasteiger partial charge in [0.2, 0.25) is 5.91 Å². The van der Waals surface area contributed by atoms with Gasteiger partial charge in [0.25, 0.3) is 0 Å². The molecular formula is C16H28N4O3. The van der Waals surface area contributed by atoms with E-state index < -0.39 is 5.60 Å². The standard InChI is InChI=1S/C16H28N4O3/c1-5-13(6-7-17)18-14(21)12-19-8-10-20(11-9-19)15(22)23-16(2,3)4/h13H,5-6,8-12H2,1-4H3,(H,18,21)/t13-/m0/s1. The molecule has 1 atom stereocenters. The number of hydrogen-bond donors (Lipinski definition) is 1. The SMILES string of the molecule is CC[C@@H](CC#N)NC(=O)CN1CCN(C(=O)OC(C)(C)C)CC1. The zero-order valence-corrected chi connectivity index (χ0v) is 14.6. The lowest BCUT2D eigenvalue weighted by molar-refractivity contribution is -0.123. The number of ether oxygens (including phenoxy) is 1. The molecule has 1 saturated heterocycles. The molecule has 130 valence electrons. The molecule has 0 bridgehead atoms. The monoisotopic (exact) mass is 324 g/mol. The number of nitrogens with one attached hydrogen (secondary N) is 1. The van der Waals surface area contributed by atoms with E-state index in [1.807, 2.05) is 32.6 Å². The lowest BCUT2D eigenvalue weighted by Gasteiger charge is -2.35. The zero-order chi connectivity index (χ0) is 17.5. The van der Waals surface area contributed by atoms with E-state index in [0.717, 1.165) is 6.42 Å². The minimum absolute atomic E-state index is 0.0715. The number of piperazine rings is 1. The second-order valence-corrected chi connectivity index (χ2v) is 6.78. The fraction of sp³-hybridized carbons (Fsp3) is 0.812. The predicted molar refractivity (Wildman–Crippen MR) is 86.7 cm³/mol. The fourth-order valence-corrected chi connectivity index (χ4v) is 2.30. The van der Waals surface area contributed by atoms with Crippen molar-refractivity contribution < 1.29 is 14.3 Å². The molecule has 0 saturated carbocycles. The van der Waals surface area contributed by atoms with E-state index in [1.54, 1.807) is 4.90 Å². The van der Waals surface area contributed by atoms with Crippen LogP contribution in [0.4, 0.5) is 4.79 Å². The summed E-state index contributed by atoms with van der Waals surface area (Å²) >= 11 is 0. The van der Waals surface area contributed by atoms with Gasteiger partial charge in [-0.1, -0.05) is 6.92 Å². The first-order chi connectivity index (χ1) is 10.7. The topological polar surface area (TPSA) is 85.7 Å². The van der Waals surface area contributed by atoms with Crippen molar-refractivity contribution >= 4 is 12.0 Å². The quantitative estimate of drug-likeness (QED) is 0.825. The van der Waals surface area contributed by atoms with Gasteiger partial charge in [0.1, 0.15) is 5.60 Å². The second kappa shape index (κ2) is 8.73. The highest BCUT2D eigenvalue weighted by atomic mass is 16.6. The largest absolute Gasteiger partial charge is 0.444 e. The van der Waals surface area contributed by atoms with Crippen LogP contribution in [0.2, 0.25) is 0 Å². The first kappa shape index (κ1) is 19.2. The number of carbonyl (C=O) groups is 2. The Morgan fingerprint density at radius 2 is 1.87 bits per heavy atom. The average Bonchev–Trinajstić information content (AvgIpc) is 2.45. The van der Waals surface area contributed by atoms with Gasteiger partial charge in [0, 0.05) is 32.2 Å². The van der Waals surface area contributed by atoms with Gasteiger partial charge in [0.15, 0.2) is 0 Å². The van der Waals surface area contributed by atoms with Crippen molar-refractivity contribution in [3.05, 3.63) is 0 Å². The van der Waals surface area contributed by atoms with Gasteiger partial charge in [-0.2, -0.15) is 5.26 Å². The summed E-state index contributed by atoms with van der Waals surface area (Å²) in [4.78, 5) is 27.6. The number of nitriles is 1. The third-order valence-electron chi connectivity index (χ3n) is 3.59. The highest BCUT2D eigenvalue weighted by Crippen LogP contribution is 2.11. The molecule has 0 aromatic rings. The molecule has 2 amide bonds. The first-order valence-corrected chi connectivity index (χ1v) is 8.11. The van der Waals surface area contributed by atoms with E-state index in [0.29, 0.717) is 39.1 Å². The molecule has 0 aromatic heterocycles. The highest BCUT2D eigenvalue weighted by molar-refractivity contribution is 5.78. The third kappa shape index (κ3) is 7.33. The molecule has 1 aliphatic heterocycles. The maximum Gasteiger partial charge on any atom is 0.410 e. The molecule has 1 fully saturated rings. The summed E-state index contributed by atoms with van der Waals surface area (Å²) < 4.78 is 5.35. The predicted octanol–water partition coefficient (Wildman–Crippen LogP) is 1.35. The molecule has 0 radical (unpaired) electrons. The molecule has 1 heterocycles. The molecular weight excluding hydrogens is 296 g/mol. The van der Waals surface area contributed by atoms with Crippen LogP contribution in [0.1, 0.15) is 40.5 Å². The maximum atomic E-state index is 12.0. The van der Waals surface area contributed by atoms with Crippen molar-refractivity contribution in [2.45, 2.75) is 52.2 Å². The van der Waals surface area contributed by atoms with Crippen LogP contribution in [0.25, 0.3) is 0 Å². The van der Waals surface area contributed by atoms with Crippen LogP contribution in [-0.2, 0) is 9.53 Å². The summed E-state index contributed by atoms with van der Waals surface area (Å²) in [5, 5.41) is 11.6. The molecule has 0 spiro atoms. The van der Waals surface area contributed by atoms with Crippen LogP contribution in [0, 0.1) is 11.3 Å². The van der Waals surface area contributed by atoms with Crippen LogP contribution in [0.5, 0.6) is 0 Å². The molecule has 7 nitrogen and oxygen atoms in total. The van der Waals surface area contributed by atoms with Gasteiger partial charge in [0.05, 0.1) is 19.0 Å². The van der Waals surface area contributed by atoms with Gasteiger partial charge in [-0.25, -0.2) is 4.79 Å². The summed E-state index contributed by atoms with van der Waals surface area (Å²) in [5.74, 6) is -0.0715. The third-order valence-corrected chi connectivity index (χ3v) is 3.59. The Morgan fingerprint density at radius 1 is 1.26 bits per heavy atom. The zero-order valence-electron chi connectivity index (χ0n) is 14.6. The van der Waals surface area contributed by atoms with Crippen LogP contribution < -0.4 is 5.32 Å². The molecule has 1 N–H and O–H groups in total. The van der Waals surface area contributed by atoms with Crippen molar-refractivity contribution in [3.63, 3.8) is 0 Å². The summed E-state index contributed by atoms with van der Waals surface area (Å²) in [5.41, 5.74) is -0.496. The fourth-order valence-electron chi connectivity index (χ4n) is 2.30. The van der Waals surface area contributed by atoms with E-state index in [1.165, 1.54) is 0 Å². The Morgan fingerprint density at radius 3 is 2.35 bits per heavy atom. The van der Waals surface area contributed by atoms with E-state index >= 15 is 0 Å². The number of hydrogen-bond acceptors (Lipinski definition) is 5. The van der Waals surface area contributed by atoms with Crippen LogP contribution in [-0.4, -0.2) is 66.2 Å². The second-order valence-electron chi connectivity index (χ2n) is 6.78. The molecule has 0 aromatic carbocycles. The van der Waals surface area contributed by atoms with E-state index in [9.17, 15) is 9.59 Å². The number of carbonyl (C=O) groups excluding carboxylic acids is 2. The molecule has 1 aliphatic rings. The molecule has 23 heavy (non-hydrogen) atoms. The van der Waals surface area contributed by atoms with E-state index in [-0.39, 0.29) is 18.0 Å². The Bertz CT molecular complexity index is 445. The molecule has 0 unspecified atom stereocenters. The van der Waals surface area contributed by atoms with Gasteiger partial charge < -0.3 is 15.0 Å². The van der Waals surface area contributed by atoms with E-state index in [2.05, 4.69) is 11.4 Å². The van der Waals surface area contributed by atoms with Crippen molar-refractivity contribution in [1.82, 2.24) is 15.1 Å². The smallest absolute Gasteiger partial charge is 0.410 e. The Labute approximate surface area is 138 Å². The summed E-state index contributed by atoms with van der Waals surface area (Å²) in [7, 11) is 0. The van der Waals surface area contributed by atoms with Crippen LogP contribution >= 0.6 is 0 Å². The molecule has 7 heteroatoms. The lowest BCUT2D eigenvalue weighted by Crippen LogP contribution is -2.52. The van der Waals surface area contributed by atoms with Crippen molar-refractivity contribution in [3.8, 4) is 6.07 Å². The van der Waals surface area contributed by atoms with Gasteiger partial charge in [-0.15, -0.1) is 0 Å². The Hall–Kier alpha value is -1.81. The number of rotatable bonds is 5. The van der Waals surface area contributed by atoms with Crippen LogP contribution in [0.3, 0.4) is 0 Å². The molecule has 0 aliphatic carbocycles. The Kier molecular flexibility index (Phi) is 7.30. The van der Waals surface area contributed by atoms with Crippen molar-refractivity contribution in [2.24, 2.45) is 0 Å². The lowest BCUT2D eigenvalue weighted by atomic mass is 10.1. The van der Waals surface area contributed by atoms with Crippen molar-refractivity contribution in [1.29, 1.82) is 5.26 Å². The summed E-state index contributed by atoms with van der Waals surface area (Å²) in [6.45, 7) is 10.2. The van der Waals surface area contributed by atoms with Gasteiger partial charge in [-0.3, -0.25) is 9.69 Å². The molecule has 1 rings (SSSR count). The van der Waals surface area contributed by atoms with Crippen molar-refractivity contribution in [2.75, 3.05) is 32.7 Å². The first-order valence-electron chi connectivity index (χ1n) is 8.11. The minimum Gasteiger partial charge on any atom is -0.444 e. The van der Waals surface area contributed by atoms with Gasteiger partial charge in [-0.05, 0) is 27.2 Å². The van der Waals surface area contributed by atoms with Crippen LogP contribution in [0.15, 0.2) is 0 Å². The number of nitrogens with zero attached hydrogens (tertiary/aromatic N) is 3. The van der Waals surface area contributed by atoms with E-state index in [4.69, 9.17) is 10.00 Å². The maximum absolute atomic E-state index is 12.0. The average molecular weight is 324 g/mol. The summed E-state index contributed by atoms with van der Waals surface area (Å²) in [6, 6.07) is 1.99. The van der Waals surface area contributed by atoms with Gasteiger partial charge >= 0.3 is 6.09 Å². The highest BCUT2D eigenvalue weighted by Gasteiger charge is 2.26. The Balaban J connectivity index is 2.35. The summed E-state index contributed by atoms with van der Waals surface area (Å²) in [6.07, 6.45) is 0.766. The normalized spacial score (nSPS) is 17.3. The minimum atomic E-state index is -0.496.